The summed E-state index contributed by atoms with van der Waals surface area (Å²) in [6.07, 6.45) is 21.5. The summed E-state index contributed by atoms with van der Waals surface area (Å²) >= 11 is 0. The lowest BCUT2D eigenvalue weighted by Gasteiger charge is -2.13. The topological polar surface area (TPSA) is 50.9 Å². The van der Waals surface area contributed by atoms with E-state index in [1.807, 2.05) is 24.3 Å². The Bertz CT molecular complexity index is 961. The summed E-state index contributed by atoms with van der Waals surface area (Å²) in [5, 5.41) is 20.5. The summed E-state index contributed by atoms with van der Waals surface area (Å²) in [4.78, 5) is 1.63. The second-order valence-corrected chi connectivity index (χ2v) is 10.2. The van der Waals surface area contributed by atoms with Crippen LogP contribution in [0.2, 0.25) is 0 Å². The van der Waals surface area contributed by atoms with Crippen LogP contribution in [0.3, 0.4) is 0 Å². The zero-order valence-electron chi connectivity index (χ0n) is 22.3. The SMILES string of the molecule is CCCCCCCCCCc1cc(CCCCCCCCC)c(O)c(-n2nc3ccccc3n2)c1. The summed E-state index contributed by atoms with van der Waals surface area (Å²) in [5.74, 6) is 0.343. The van der Waals surface area contributed by atoms with Crippen LogP contribution in [-0.4, -0.2) is 20.1 Å². The van der Waals surface area contributed by atoms with Crippen LogP contribution in [0, 0.1) is 0 Å². The molecule has 1 heterocycles. The normalized spacial score (nSPS) is 11.5. The first kappa shape index (κ1) is 27.2. The number of rotatable bonds is 18. The van der Waals surface area contributed by atoms with Crippen LogP contribution in [0.4, 0.5) is 0 Å². The number of hydrogen-bond donors (Lipinski definition) is 1. The highest BCUT2D eigenvalue weighted by Crippen LogP contribution is 2.30. The first-order valence-corrected chi connectivity index (χ1v) is 14.4. The molecule has 0 saturated carbocycles. The fraction of sp³-hybridized carbons (Fsp3) is 0.613. The molecule has 192 valence electrons. The van der Waals surface area contributed by atoms with E-state index in [2.05, 4.69) is 36.2 Å². The molecule has 2 aromatic carbocycles. The van der Waals surface area contributed by atoms with Gasteiger partial charge < -0.3 is 5.11 Å². The minimum atomic E-state index is 0.343. The largest absolute Gasteiger partial charge is 0.505 e. The van der Waals surface area contributed by atoms with E-state index >= 15 is 0 Å². The van der Waals surface area contributed by atoms with Gasteiger partial charge in [-0.2, -0.15) is 0 Å². The number of hydrogen-bond acceptors (Lipinski definition) is 3. The lowest BCUT2D eigenvalue weighted by atomic mass is 9.98. The van der Waals surface area contributed by atoms with E-state index in [-0.39, 0.29) is 0 Å². The molecule has 4 nitrogen and oxygen atoms in total. The van der Waals surface area contributed by atoms with Gasteiger partial charge in [0.2, 0.25) is 0 Å². The van der Waals surface area contributed by atoms with Crippen molar-refractivity contribution in [3.8, 4) is 11.4 Å². The van der Waals surface area contributed by atoms with Crippen LogP contribution >= 0.6 is 0 Å². The Morgan fingerprint density at radius 2 is 1.11 bits per heavy atom. The summed E-state index contributed by atoms with van der Waals surface area (Å²) < 4.78 is 0. The van der Waals surface area contributed by atoms with Gasteiger partial charge in [-0.05, 0) is 55.0 Å². The number of nitrogens with zero attached hydrogens (tertiary/aromatic N) is 3. The maximum atomic E-state index is 11.2. The Morgan fingerprint density at radius 3 is 1.66 bits per heavy atom. The maximum Gasteiger partial charge on any atom is 0.146 e. The van der Waals surface area contributed by atoms with Gasteiger partial charge in [-0.3, -0.25) is 0 Å². The molecule has 0 aliphatic carbocycles. The second-order valence-electron chi connectivity index (χ2n) is 10.2. The molecule has 1 N–H and O–H groups in total. The monoisotopic (exact) mass is 477 g/mol. The Morgan fingerprint density at radius 1 is 0.629 bits per heavy atom. The van der Waals surface area contributed by atoms with Crippen molar-refractivity contribution < 1.29 is 5.11 Å². The molecule has 0 bridgehead atoms. The molecule has 3 rings (SSSR count). The minimum absolute atomic E-state index is 0.343. The summed E-state index contributed by atoms with van der Waals surface area (Å²) in [6.45, 7) is 4.54. The number of aromatic hydroxyl groups is 1. The van der Waals surface area contributed by atoms with Crippen molar-refractivity contribution in [3.05, 3.63) is 47.5 Å². The van der Waals surface area contributed by atoms with Crippen molar-refractivity contribution in [2.24, 2.45) is 0 Å². The summed E-state index contributed by atoms with van der Waals surface area (Å²) in [6, 6.07) is 12.2. The Hall–Kier alpha value is -2.36. The van der Waals surface area contributed by atoms with Crippen molar-refractivity contribution in [2.45, 2.75) is 123 Å². The molecule has 0 aliphatic heterocycles. The zero-order chi connectivity index (χ0) is 24.7. The Kier molecular flexibility index (Phi) is 12.1. The Balaban J connectivity index is 1.64. The molecular formula is C31H47N3O. The van der Waals surface area contributed by atoms with Crippen LogP contribution in [-0.2, 0) is 12.8 Å². The molecule has 0 spiro atoms. The van der Waals surface area contributed by atoms with Gasteiger partial charge in [0.15, 0.2) is 0 Å². The van der Waals surface area contributed by atoms with Gasteiger partial charge >= 0.3 is 0 Å². The third-order valence-electron chi connectivity index (χ3n) is 7.10. The van der Waals surface area contributed by atoms with Gasteiger partial charge in [-0.25, -0.2) is 0 Å². The smallest absolute Gasteiger partial charge is 0.146 e. The van der Waals surface area contributed by atoms with Gasteiger partial charge in [0.25, 0.3) is 0 Å². The standard InChI is InChI=1S/C31H47N3O/c1-3-5-7-9-11-13-14-16-20-26-24-27(21-17-15-12-10-8-6-4-2)31(35)30(25-26)34-32-28-22-18-19-23-29(28)33-34/h18-19,22-25,35H,3-17,20-21H2,1-2H3. The van der Waals surface area contributed by atoms with E-state index in [4.69, 9.17) is 0 Å². The van der Waals surface area contributed by atoms with Gasteiger partial charge in [0.1, 0.15) is 22.5 Å². The van der Waals surface area contributed by atoms with Crippen LogP contribution in [0.5, 0.6) is 5.75 Å². The molecule has 0 atom stereocenters. The molecule has 0 amide bonds. The maximum absolute atomic E-state index is 11.2. The third-order valence-corrected chi connectivity index (χ3v) is 7.10. The number of aromatic nitrogens is 3. The van der Waals surface area contributed by atoms with E-state index in [1.54, 1.807) is 4.80 Å². The quantitative estimate of drug-likeness (QED) is 0.186. The van der Waals surface area contributed by atoms with Crippen LogP contribution in [0.15, 0.2) is 36.4 Å². The number of phenolic OH excluding ortho intramolecular Hbond substituents is 1. The molecule has 0 unspecified atom stereocenters. The average Bonchev–Trinajstić information content (AvgIpc) is 3.30. The number of phenols is 1. The lowest BCUT2D eigenvalue weighted by Crippen LogP contribution is -2.03. The average molecular weight is 478 g/mol. The molecule has 1 aromatic heterocycles. The van der Waals surface area contributed by atoms with Crippen molar-refractivity contribution in [2.75, 3.05) is 0 Å². The highest BCUT2D eigenvalue weighted by atomic mass is 16.3. The highest BCUT2D eigenvalue weighted by Gasteiger charge is 2.15. The first-order valence-electron chi connectivity index (χ1n) is 14.4. The van der Waals surface area contributed by atoms with E-state index in [1.165, 1.54) is 95.5 Å². The Labute approximate surface area is 213 Å². The zero-order valence-corrected chi connectivity index (χ0v) is 22.3. The highest BCUT2D eigenvalue weighted by molar-refractivity contribution is 5.73. The lowest BCUT2D eigenvalue weighted by molar-refractivity contribution is 0.458. The van der Waals surface area contributed by atoms with Gasteiger partial charge in [-0.15, -0.1) is 15.0 Å². The van der Waals surface area contributed by atoms with Gasteiger partial charge in [0.05, 0.1) is 0 Å². The molecule has 3 aromatic rings. The van der Waals surface area contributed by atoms with E-state index in [0.717, 1.165) is 41.5 Å². The predicted molar refractivity (Wildman–Crippen MR) is 149 cm³/mol. The van der Waals surface area contributed by atoms with E-state index < -0.39 is 0 Å². The fourth-order valence-electron chi connectivity index (χ4n) is 4.93. The molecular weight excluding hydrogens is 430 g/mol. The summed E-state index contributed by atoms with van der Waals surface area (Å²) in [7, 11) is 0. The molecule has 0 radical (unpaired) electrons. The third kappa shape index (κ3) is 8.98. The molecule has 35 heavy (non-hydrogen) atoms. The van der Waals surface area contributed by atoms with Gasteiger partial charge in [-0.1, -0.05) is 116 Å². The van der Waals surface area contributed by atoms with Gasteiger partial charge in [0, 0.05) is 0 Å². The molecule has 0 aliphatic rings. The minimum Gasteiger partial charge on any atom is -0.505 e. The van der Waals surface area contributed by atoms with E-state index in [0.29, 0.717) is 5.75 Å². The van der Waals surface area contributed by atoms with Crippen molar-refractivity contribution >= 4 is 11.0 Å². The number of benzene rings is 2. The van der Waals surface area contributed by atoms with Crippen LogP contribution < -0.4 is 0 Å². The fourth-order valence-corrected chi connectivity index (χ4v) is 4.93. The molecule has 4 heteroatoms. The van der Waals surface area contributed by atoms with Crippen LogP contribution in [0.25, 0.3) is 16.7 Å². The van der Waals surface area contributed by atoms with Crippen LogP contribution in [0.1, 0.15) is 121 Å². The van der Waals surface area contributed by atoms with Crippen molar-refractivity contribution in [1.82, 2.24) is 15.0 Å². The second kappa shape index (κ2) is 15.6. The predicted octanol–water partition coefficient (Wildman–Crippen LogP) is 9.10. The number of fused-ring (bicyclic) bond motifs is 1. The molecule has 0 fully saturated rings. The van der Waals surface area contributed by atoms with Crippen molar-refractivity contribution in [1.29, 1.82) is 0 Å². The summed E-state index contributed by atoms with van der Waals surface area (Å²) in [5.41, 5.74) is 4.77. The number of aryl methyl sites for hydroxylation is 2. The first-order chi connectivity index (χ1) is 17.2. The number of unbranched alkanes of at least 4 members (excludes halogenated alkanes) is 13. The van der Waals surface area contributed by atoms with E-state index in [9.17, 15) is 5.11 Å². The molecule has 0 saturated heterocycles. The van der Waals surface area contributed by atoms with Crippen molar-refractivity contribution in [3.63, 3.8) is 0 Å².